The van der Waals surface area contributed by atoms with Crippen LogP contribution in [0.4, 0.5) is 5.69 Å². The maximum Gasteiger partial charge on any atom is 0.0694 e. The molecule has 1 aliphatic rings. The lowest BCUT2D eigenvalue weighted by atomic mass is 9.99. The summed E-state index contributed by atoms with van der Waals surface area (Å²) in [6, 6.07) is 6.54. The number of morpholine rings is 1. The fourth-order valence-corrected chi connectivity index (χ4v) is 2.41. The predicted molar refractivity (Wildman–Crippen MR) is 71.3 cm³/mol. The van der Waals surface area contributed by atoms with Crippen molar-refractivity contribution in [2.45, 2.75) is 32.9 Å². The summed E-state index contributed by atoms with van der Waals surface area (Å²) in [6.07, 6.45) is 0. The van der Waals surface area contributed by atoms with Crippen LogP contribution in [0.25, 0.3) is 0 Å². The van der Waals surface area contributed by atoms with Gasteiger partial charge in [-0.15, -0.1) is 0 Å². The first-order valence-corrected chi connectivity index (χ1v) is 6.19. The van der Waals surface area contributed by atoms with Gasteiger partial charge in [0.05, 0.1) is 18.8 Å². The number of hydrogen-bond acceptors (Lipinski definition) is 3. The van der Waals surface area contributed by atoms with Gasteiger partial charge in [-0.3, -0.25) is 0 Å². The number of benzene rings is 1. The molecule has 1 aromatic rings. The van der Waals surface area contributed by atoms with Gasteiger partial charge in [0.15, 0.2) is 0 Å². The van der Waals surface area contributed by atoms with E-state index < -0.39 is 0 Å². The molecule has 2 rings (SSSR count). The van der Waals surface area contributed by atoms with Crippen LogP contribution in [0.1, 0.15) is 25.0 Å². The Bertz CT molecular complexity index is 401. The topological polar surface area (TPSA) is 38.5 Å². The molecule has 1 heterocycles. The molecule has 2 N–H and O–H groups in total. The third-order valence-electron chi connectivity index (χ3n) is 3.50. The van der Waals surface area contributed by atoms with Crippen molar-refractivity contribution < 1.29 is 4.74 Å². The zero-order valence-electron chi connectivity index (χ0n) is 11.0. The van der Waals surface area contributed by atoms with E-state index in [1.807, 2.05) is 0 Å². The van der Waals surface area contributed by atoms with E-state index in [2.05, 4.69) is 43.9 Å². The molecular weight excluding hydrogens is 212 g/mol. The fourth-order valence-electron chi connectivity index (χ4n) is 2.41. The largest absolute Gasteiger partial charge is 0.377 e. The second-order valence-corrected chi connectivity index (χ2v) is 5.33. The van der Waals surface area contributed by atoms with E-state index in [9.17, 15) is 0 Å². The molecule has 1 fully saturated rings. The highest BCUT2D eigenvalue weighted by Gasteiger charge is 2.30. The summed E-state index contributed by atoms with van der Waals surface area (Å²) in [5.41, 5.74) is 9.53. The van der Waals surface area contributed by atoms with Crippen molar-refractivity contribution in [3.8, 4) is 0 Å². The molecule has 17 heavy (non-hydrogen) atoms. The predicted octanol–water partition coefficient (Wildman–Crippen LogP) is 2.07. The summed E-state index contributed by atoms with van der Waals surface area (Å²) in [4.78, 5) is 2.42. The molecule has 3 heteroatoms. The molecule has 0 aromatic heterocycles. The van der Waals surface area contributed by atoms with Crippen LogP contribution in [-0.4, -0.2) is 25.3 Å². The molecule has 3 nitrogen and oxygen atoms in total. The molecule has 1 saturated heterocycles. The van der Waals surface area contributed by atoms with Crippen LogP contribution >= 0.6 is 0 Å². The minimum Gasteiger partial charge on any atom is -0.377 e. The van der Waals surface area contributed by atoms with Crippen LogP contribution in [0.15, 0.2) is 18.2 Å². The second kappa shape index (κ2) is 4.67. The van der Waals surface area contributed by atoms with Crippen molar-refractivity contribution in [3.63, 3.8) is 0 Å². The number of ether oxygens (including phenoxy) is 1. The lowest BCUT2D eigenvalue weighted by Crippen LogP contribution is -2.53. The van der Waals surface area contributed by atoms with Crippen LogP contribution in [0.2, 0.25) is 0 Å². The van der Waals surface area contributed by atoms with Crippen molar-refractivity contribution in [2.24, 2.45) is 5.73 Å². The number of anilines is 1. The molecule has 0 amide bonds. The van der Waals surface area contributed by atoms with E-state index in [1.54, 1.807) is 0 Å². The maximum atomic E-state index is 5.70. The SMILES string of the molecule is Cc1cc(N2CCOCC2(C)C)ccc1CN. The Labute approximate surface area is 104 Å². The summed E-state index contributed by atoms with van der Waals surface area (Å²) in [6.45, 7) is 9.72. The van der Waals surface area contributed by atoms with E-state index in [1.165, 1.54) is 16.8 Å². The third kappa shape index (κ3) is 2.45. The molecule has 0 spiro atoms. The summed E-state index contributed by atoms with van der Waals surface area (Å²) >= 11 is 0. The number of rotatable bonds is 2. The van der Waals surface area contributed by atoms with Gasteiger partial charge in [0.1, 0.15) is 0 Å². The minimum atomic E-state index is 0.0644. The van der Waals surface area contributed by atoms with Crippen LogP contribution in [0.3, 0.4) is 0 Å². The van der Waals surface area contributed by atoms with E-state index in [-0.39, 0.29) is 5.54 Å². The van der Waals surface area contributed by atoms with E-state index in [0.29, 0.717) is 6.54 Å². The number of nitrogens with two attached hydrogens (primary N) is 1. The van der Waals surface area contributed by atoms with Crippen molar-refractivity contribution in [1.29, 1.82) is 0 Å². The Balaban J connectivity index is 2.30. The number of aryl methyl sites for hydroxylation is 1. The van der Waals surface area contributed by atoms with Crippen molar-refractivity contribution in [3.05, 3.63) is 29.3 Å². The molecule has 0 bridgehead atoms. The molecule has 94 valence electrons. The van der Waals surface area contributed by atoms with Gasteiger partial charge < -0.3 is 15.4 Å². The minimum absolute atomic E-state index is 0.0644. The van der Waals surface area contributed by atoms with Gasteiger partial charge in [0.25, 0.3) is 0 Å². The van der Waals surface area contributed by atoms with Crippen molar-refractivity contribution >= 4 is 5.69 Å². The molecule has 1 aliphatic heterocycles. The number of hydrogen-bond donors (Lipinski definition) is 1. The Morgan fingerprint density at radius 2 is 2.18 bits per heavy atom. The highest BCUT2D eigenvalue weighted by molar-refractivity contribution is 5.53. The average Bonchev–Trinajstić information content (AvgIpc) is 2.28. The van der Waals surface area contributed by atoms with Gasteiger partial charge in [-0.05, 0) is 44.0 Å². The molecule has 0 atom stereocenters. The van der Waals surface area contributed by atoms with E-state index in [0.717, 1.165) is 19.8 Å². The number of nitrogens with zero attached hydrogens (tertiary/aromatic N) is 1. The maximum absolute atomic E-state index is 5.70. The Morgan fingerprint density at radius 3 is 2.76 bits per heavy atom. The van der Waals surface area contributed by atoms with Crippen molar-refractivity contribution in [1.82, 2.24) is 0 Å². The Hall–Kier alpha value is -1.06. The quantitative estimate of drug-likeness (QED) is 0.851. The standard InChI is InChI=1S/C14H22N2O/c1-11-8-13(5-4-12(11)9-15)16-6-7-17-10-14(16,2)3/h4-5,8H,6-7,9-10,15H2,1-3H3. The molecular formula is C14H22N2O. The van der Waals surface area contributed by atoms with Crippen LogP contribution in [0.5, 0.6) is 0 Å². The van der Waals surface area contributed by atoms with Gasteiger partial charge in [-0.2, -0.15) is 0 Å². The van der Waals surface area contributed by atoms with Crippen molar-refractivity contribution in [2.75, 3.05) is 24.7 Å². The van der Waals surface area contributed by atoms with Crippen LogP contribution < -0.4 is 10.6 Å². The first-order chi connectivity index (χ1) is 8.04. The van der Waals surface area contributed by atoms with Crippen LogP contribution in [0, 0.1) is 6.92 Å². The molecule has 0 aliphatic carbocycles. The van der Waals surface area contributed by atoms with Gasteiger partial charge >= 0.3 is 0 Å². The monoisotopic (exact) mass is 234 g/mol. The Kier molecular flexibility index (Phi) is 3.40. The molecule has 0 unspecified atom stereocenters. The normalized spacial score (nSPS) is 19.4. The first-order valence-electron chi connectivity index (χ1n) is 6.19. The third-order valence-corrected chi connectivity index (χ3v) is 3.50. The fraction of sp³-hybridized carbons (Fsp3) is 0.571. The zero-order chi connectivity index (χ0) is 12.5. The smallest absolute Gasteiger partial charge is 0.0694 e. The summed E-state index contributed by atoms with van der Waals surface area (Å²) in [7, 11) is 0. The average molecular weight is 234 g/mol. The highest BCUT2D eigenvalue weighted by Crippen LogP contribution is 2.28. The second-order valence-electron chi connectivity index (χ2n) is 5.33. The summed E-state index contributed by atoms with van der Waals surface area (Å²) in [5.74, 6) is 0. The summed E-state index contributed by atoms with van der Waals surface area (Å²) in [5, 5.41) is 0. The lowest BCUT2D eigenvalue weighted by Gasteiger charge is -2.44. The van der Waals surface area contributed by atoms with Crippen LogP contribution in [-0.2, 0) is 11.3 Å². The molecule has 1 aromatic carbocycles. The van der Waals surface area contributed by atoms with Gasteiger partial charge in [0.2, 0.25) is 0 Å². The zero-order valence-corrected chi connectivity index (χ0v) is 11.0. The highest BCUT2D eigenvalue weighted by atomic mass is 16.5. The van der Waals surface area contributed by atoms with E-state index >= 15 is 0 Å². The van der Waals surface area contributed by atoms with Gasteiger partial charge in [-0.25, -0.2) is 0 Å². The Morgan fingerprint density at radius 1 is 1.41 bits per heavy atom. The molecule has 0 saturated carbocycles. The van der Waals surface area contributed by atoms with Gasteiger partial charge in [-0.1, -0.05) is 6.07 Å². The van der Waals surface area contributed by atoms with E-state index in [4.69, 9.17) is 10.5 Å². The first kappa shape index (κ1) is 12.4. The lowest BCUT2D eigenvalue weighted by molar-refractivity contribution is 0.0644. The van der Waals surface area contributed by atoms with Gasteiger partial charge in [0, 0.05) is 18.8 Å². The molecule has 0 radical (unpaired) electrons. The summed E-state index contributed by atoms with van der Waals surface area (Å²) < 4.78 is 5.55.